The molecule has 1 N–H and O–H groups in total. The van der Waals surface area contributed by atoms with Gasteiger partial charge in [0, 0.05) is 45.8 Å². The van der Waals surface area contributed by atoms with Crippen molar-refractivity contribution in [2.75, 3.05) is 45.8 Å². The van der Waals surface area contributed by atoms with Crippen molar-refractivity contribution in [2.45, 2.75) is 32.9 Å². The van der Waals surface area contributed by atoms with Gasteiger partial charge in [-0.3, -0.25) is 14.6 Å². The first-order chi connectivity index (χ1) is 11.6. The lowest BCUT2D eigenvalue weighted by Crippen LogP contribution is -2.52. The highest BCUT2D eigenvalue weighted by atomic mass is 16.3. The van der Waals surface area contributed by atoms with Crippen molar-refractivity contribution in [2.24, 2.45) is 0 Å². The van der Waals surface area contributed by atoms with Crippen LogP contribution in [-0.2, 0) is 4.79 Å². The topological polar surface area (TPSA) is 47.0 Å². The van der Waals surface area contributed by atoms with Crippen molar-refractivity contribution >= 4 is 5.91 Å². The van der Waals surface area contributed by atoms with E-state index in [-0.39, 0.29) is 18.1 Å². The van der Waals surface area contributed by atoms with E-state index in [0.717, 1.165) is 44.8 Å². The van der Waals surface area contributed by atoms with Crippen molar-refractivity contribution in [3.05, 3.63) is 35.9 Å². The van der Waals surface area contributed by atoms with E-state index in [4.69, 9.17) is 0 Å². The van der Waals surface area contributed by atoms with Crippen LogP contribution in [0.1, 0.15) is 32.4 Å². The van der Waals surface area contributed by atoms with Crippen LogP contribution in [0.5, 0.6) is 0 Å². The van der Waals surface area contributed by atoms with Crippen LogP contribution in [0.2, 0.25) is 0 Å². The van der Waals surface area contributed by atoms with E-state index in [1.54, 1.807) is 0 Å². The van der Waals surface area contributed by atoms with Gasteiger partial charge in [0.25, 0.3) is 0 Å². The van der Waals surface area contributed by atoms with E-state index < -0.39 is 0 Å². The van der Waals surface area contributed by atoms with E-state index in [1.807, 2.05) is 56.0 Å². The molecule has 0 aromatic heterocycles. The Balaban J connectivity index is 2.14. The maximum Gasteiger partial charge on any atom is 0.244 e. The van der Waals surface area contributed by atoms with E-state index in [9.17, 15) is 9.90 Å². The van der Waals surface area contributed by atoms with Gasteiger partial charge in [-0.25, -0.2) is 0 Å². The number of β-amino-alcohol motifs (C(OH)–C–C–N with tert-alkyl or cyclic N) is 1. The lowest BCUT2D eigenvalue weighted by atomic mass is 10.0. The fourth-order valence-corrected chi connectivity index (χ4v) is 3.43. The summed E-state index contributed by atoms with van der Waals surface area (Å²) in [7, 11) is 0. The number of carbonyl (C=O) groups excluding carboxylic acids is 1. The second-order valence-corrected chi connectivity index (χ2v) is 6.51. The predicted molar refractivity (Wildman–Crippen MR) is 96.8 cm³/mol. The van der Waals surface area contributed by atoms with Gasteiger partial charge < -0.3 is 10.0 Å². The summed E-state index contributed by atoms with van der Waals surface area (Å²) in [6.07, 6.45) is -0.307. The number of benzene rings is 1. The van der Waals surface area contributed by atoms with Crippen molar-refractivity contribution < 1.29 is 9.90 Å². The molecule has 0 saturated carbocycles. The van der Waals surface area contributed by atoms with Crippen LogP contribution in [0.4, 0.5) is 0 Å². The smallest absolute Gasteiger partial charge is 0.244 e. The maximum absolute atomic E-state index is 13.1. The SMILES string of the molecule is CCN(CC)C(=O)[C@@H](c1ccccc1)N1CCN(C[C@@H](C)O)CC1. The van der Waals surface area contributed by atoms with Gasteiger partial charge in [-0.1, -0.05) is 30.3 Å². The molecule has 2 rings (SSSR count). The van der Waals surface area contributed by atoms with Gasteiger partial charge in [0.05, 0.1) is 6.10 Å². The summed E-state index contributed by atoms with van der Waals surface area (Å²) in [5.74, 6) is 0.190. The Morgan fingerprint density at radius 2 is 1.71 bits per heavy atom. The van der Waals surface area contributed by atoms with Crippen LogP contribution < -0.4 is 0 Å². The Morgan fingerprint density at radius 3 is 2.21 bits per heavy atom. The molecule has 0 bridgehead atoms. The lowest BCUT2D eigenvalue weighted by Gasteiger charge is -2.40. The standard InChI is InChI=1S/C19H31N3O2/c1-4-21(5-2)19(24)18(17-9-7-6-8-10-17)22-13-11-20(12-14-22)15-16(3)23/h6-10,16,18,23H,4-5,11-15H2,1-3H3/t16-,18-/m1/s1. The van der Waals surface area contributed by atoms with Crippen molar-refractivity contribution in [3.63, 3.8) is 0 Å². The molecule has 1 aliphatic heterocycles. The molecule has 1 aromatic rings. The average molecular weight is 333 g/mol. The van der Waals surface area contributed by atoms with E-state index in [0.29, 0.717) is 6.54 Å². The third-order valence-corrected chi connectivity index (χ3v) is 4.72. The number of aliphatic hydroxyl groups excluding tert-OH is 1. The molecule has 1 amide bonds. The number of hydrogen-bond acceptors (Lipinski definition) is 4. The monoisotopic (exact) mass is 333 g/mol. The zero-order valence-corrected chi connectivity index (χ0v) is 15.2. The fraction of sp³-hybridized carbons (Fsp3) is 0.632. The summed E-state index contributed by atoms with van der Waals surface area (Å²) in [4.78, 5) is 19.6. The molecule has 5 nitrogen and oxygen atoms in total. The Kier molecular flexibility index (Phi) is 7.21. The number of aliphatic hydroxyl groups is 1. The van der Waals surface area contributed by atoms with E-state index >= 15 is 0 Å². The van der Waals surface area contributed by atoms with Crippen LogP contribution in [-0.4, -0.2) is 77.6 Å². The van der Waals surface area contributed by atoms with Crippen LogP contribution in [0, 0.1) is 0 Å². The second-order valence-electron chi connectivity index (χ2n) is 6.51. The molecule has 1 heterocycles. The van der Waals surface area contributed by atoms with Gasteiger partial charge in [-0.05, 0) is 26.3 Å². The maximum atomic E-state index is 13.1. The lowest BCUT2D eigenvalue weighted by molar-refractivity contribution is -0.137. The molecule has 24 heavy (non-hydrogen) atoms. The molecule has 1 fully saturated rings. The molecule has 1 saturated heterocycles. The van der Waals surface area contributed by atoms with Crippen LogP contribution >= 0.6 is 0 Å². The second kappa shape index (κ2) is 9.16. The van der Waals surface area contributed by atoms with Gasteiger partial charge in [0.1, 0.15) is 6.04 Å². The summed E-state index contributed by atoms with van der Waals surface area (Å²) >= 11 is 0. The van der Waals surface area contributed by atoms with E-state index in [1.165, 1.54) is 0 Å². The predicted octanol–water partition coefficient (Wildman–Crippen LogP) is 1.59. The van der Waals surface area contributed by atoms with Crippen molar-refractivity contribution in [3.8, 4) is 0 Å². The Morgan fingerprint density at radius 1 is 1.12 bits per heavy atom. The first-order valence-electron chi connectivity index (χ1n) is 9.05. The Bertz CT molecular complexity index is 495. The Hall–Kier alpha value is -1.43. The molecule has 0 aliphatic carbocycles. The minimum atomic E-state index is -0.307. The third-order valence-electron chi connectivity index (χ3n) is 4.72. The number of piperazine rings is 1. The first-order valence-corrected chi connectivity index (χ1v) is 9.05. The third kappa shape index (κ3) is 4.79. The number of hydrogen-bond donors (Lipinski definition) is 1. The highest BCUT2D eigenvalue weighted by Gasteiger charge is 2.32. The molecule has 0 radical (unpaired) electrons. The molecular weight excluding hydrogens is 302 g/mol. The molecular formula is C19H31N3O2. The molecule has 2 atom stereocenters. The van der Waals surface area contributed by atoms with Gasteiger partial charge in [0.2, 0.25) is 5.91 Å². The quantitative estimate of drug-likeness (QED) is 0.823. The number of rotatable bonds is 7. The summed E-state index contributed by atoms with van der Waals surface area (Å²) in [6.45, 7) is 11.5. The molecule has 0 spiro atoms. The zero-order chi connectivity index (χ0) is 17.5. The van der Waals surface area contributed by atoms with Crippen molar-refractivity contribution in [1.29, 1.82) is 0 Å². The van der Waals surface area contributed by atoms with Gasteiger partial charge in [-0.15, -0.1) is 0 Å². The van der Waals surface area contributed by atoms with Gasteiger partial charge in [-0.2, -0.15) is 0 Å². The van der Waals surface area contributed by atoms with Gasteiger partial charge >= 0.3 is 0 Å². The number of amides is 1. The largest absolute Gasteiger partial charge is 0.392 e. The van der Waals surface area contributed by atoms with Crippen molar-refractivity contribution in [1.82, 2.24) is 14.7 Å². The molecule has 0 unspecified atom stereocenters. The number of nitrogens with zero attached hydrogens (tertiary/aromatic N) is 3. The molecule has 5 heteroatoms. The summed E-state index contributed by atoms with van der Waals surface area (Å²) in [5.41, 5.74) is 1.07. The summed E-state index contributed by atoms with van der Waals surface area (Å²) in [6, 6.07) is 9.88. The first kappa shape index (κ1) is 18.9. The molecule has 1 aliphatic rings. The van der Waals surface area contributed by atoms with E-state index in [2.05, 4.69) is 9.80 Å². The number of carbonyl (C=O) groups is 1. The Labute approximate surface area is 145 Å². The minimum absolute atomic E-state index is 0.190. The van der Waals surface area contributed by atoms with Crippen LogP contribution in [0.15, 0.2) is 30.3 Å². The molecule has 1 aromatic carbocycles. The highest BCUT2D eigenvalue weighted by molar-refractivity contribution is 5.83. The molecule has 134 valence electrons. The van der Waals surface area contributed by atoms with Crippen LogP contribution in [0.25, 0.3) is 0 Å². The summed E-state index contributed by atoms with van der Waals surface area (Å²) in [5, 5.41) is 9.57. The zero-order valence-electron chi connectivity index (χ0n) is 15.2. The normalized spacial score (nSPS) is 19.0. The highest BCUT2D eigenvalue weighted by Crippen LogP contribution is 2.24. The van der Waals surface area contributed by atoms with Gasteiger partial charge in [0.15, 0.2) is 0 Å². The fourth-order valence-electron chi connectivity index (χ4n) is 3.43. The average Bonchev–Trinajstić information content (AvgIpc) is 2.58. The minimum Gasteiger partial charge on any atom is -0.392 e. The van der Waals surface area contributed by atoms with Crippen LogP contribution in [0.3, 0.4) is 0 Å². The summed E-state index contributed by atoms with van der Waals surface area (Å²) < 4.78 is 0. The number of likely N-dealkylation sites (N-methyl/N-ethyl adjacent to an activating group) is 1.